The largest absolute Gasteiger partial charge is 0.365 e. The van der Waals surface area contributed by atoms with Crippen molar-refractivity contribution in [2.75, 3.05) is 5.32 Å². The van der Waals surface area contributed by atoms with Gasteiger partial charge in [-0.2, -0.15) is 4.39 Å². The van der Waals surface area contributed by atoms with Crippen molar-refractivity contribution in [2.24, 2.45) is 5.73 Å². The molecule has 2 atom stereocenters. The van der Waals surface area contributed by atoms with E-state index in [4.69, 9.17) is 5.73 Å². The van der Waals surface area contributed by atoms with E-state index in [0.717, 1.165) is 32.0 Å². The van der Waals surface area contributed by atoms with Crippen LogP contribution in [0.5, 0.6) is 0 Å². The highest BCUT2D eigenvalue weighted by atomic mass is 19.1. The van der Waals surface area contributed by atoms with Crippen LogP contribution in [0.4, 0.5) is 10.2 Å². The summed E-state index contributed by atoms with van der Waals surface area (Å²) in [5, 5.41) is 6.13. The summed E-state index contributed by atoms with van der Waals surface area (Å²) in [6.45, 7) is 0. The van der Waals surface area contributed by atoms with Crippen molar-refractivity contribution in [3.63, 3.8) is 0 Å². The maximum atomic E-state index is 13.2. The van der Waals surface area contributed by atoms with Gasteiger partial charge in [-0.15, -0.1) is 0 Å². The first-order valence-electron chi connectivity index (χ1n) is 8.06. The van der Waals surface area contributed by atoms with Crippen LogP contribution in [0.1, 0.15) is 46.5 Å². The molecule has 132 valence electrons. The first kappa shape index (κ1) is 16.9. The summed E-state index contributed by atoms with van der Waals surface area (Å²) < 4.78 is 13.2. The van der Waals surface area contributed by atoms with Gasteiger partial charge in [0.25, 0.3) is 11.8 Å². The lowest BCUT2D eigenvalue weighted by Crippen LogP contribution is -2.48. The molecule has 5 N–H and O–H groups in total. The molecule has 1 fully saturated rings. The quantitative estimate of drug-likeness (QED) is 0.605. The lowest BCUT2D eigenvalue weighted by Gasteiger charge is -2.33. The van der Waals surface area contributed by atoms with Crippen molar-refractivity contribution in [1.29, 1.82) is 0 Å². The first-order chi connectivity index (χ1) is 12.0. The van der Waals surface area contributed by atoms with Gasteiger partial charge in [-0.05, 0) is 18.9 Å². The average molecular weight is 346 g/mol. The molecule has 3 rings (SSSR count). The molecular formula is C16H19FN6O2. The highest BCUT2D eigenvalue weighted by Gasteiger charge is 2.27. The van der Waals surface area contributed by atoms with Crippen molar-refractivity contribution in [3.8, 4) is 0 Å². The second-order valence-corrected chi connectivity index (χ2v) is 6.01. The van der Waals surface area contributed by atoms with Crippen LogP contribution < -0.4 is 16.4 Å². The number of rotatable bonds is 5. The highest BCUT2D eigenvalue weighted by Crippen LogP contribution is 2.22. The van der Waals surface area contributed by atoms with E-state index in [1.807, 2.05) is 0 Å². The number of hydrogen-bond donors (Lipinski definition) is 4. The van der Waals surface area contributed by atoms with E-state index in [1.165, 1.54) is 18.3 Å². The van der Waals surface area contributed by atoms with Crippen LogP contribution in [0.25, 0.3) is 0 Å². The van der Waals surface area contributed by atoms with Crippen LogP contribution in [0.15, 0.2) is 24.7 Å². The van der Waals surface area contributed by atoms with E-state index in [-0.39, 0.29) is 23.7 Å². The molecule has 2 aromatic heterocycles. The molecule has 1 aliphatic rings. The Labute approximate surface area is 143 Å². The Hall–Kier alpha value is -2.97. The topological polar surface area (TPSA) is 126 Å². The zero-order valence-corrected chi connectivity index (χ0v) is 13.5. The third kappa shape index (κ3) is 4.11. The Balaban J connectivity index is 1.67. The maximum absolute atomic E-state index is 13.2. The number of nitrogens with two attached hydrogens (primary N) is 1. The van der Waals surface area contributed by atoms with E-state index in [2.05, 4.69) is 25.6 Å². The normalized spacial score (nSPS) is 20.0. The number of aromatic amines is 1. The molecule has 2 heterocycles. The number of carbonyl (C=O) groups is 2. The maximum Gasteiger partial charge on any atom is 0.265 e. The van der Waals surface area contributed by atoms with Crippen LogP contribution in [0.2, 0.25) is 0 Å². The van der Waals surface area contributed by atoms with E-state index in [1.54, 1.807) is 0 Å². The Morgan fingerprint density at radius 1 is 1.20 bits per heavy atom. The molecule has 0 aliphatic heterocycles. The summed E-state index contributed by atoms with van der Waals surface area (Å²) in [6.07, 6.45) is 6.22. The zero-order valence-electron chi connectivity index (χ0n) is 13.5. The Kier molecular flexibility index (Phi) is 4.92. The van der Waals surface area contributed by atoms with Crippen molar-refractivity contribution in [2.45, 2.75) is 37.8 Å². The molecule has 0 saturated heterocycles. The number of halogens is 1. The van der Waals surface area contributed by atoms with E-state index in [0.29, 0.717) is 11.4 Å². The molecule has 1 saturated carbocycles. The average Bonchev–Trinajstić information content (AvgIpc) is 3.07. The molecule has 0 aromatic carbocycles. The second-order valence-electron chi connectivity index (χ2n) is 6.01. The van der Waals surface area contributed by atoms with Crippen LogP contribution in [0, 0.1) is 5.95 Å². The number of amides is 2. The molecule has 2 amide bonds. The van der Waals surface area contributed by atoms with Gasteiger partial charge in [0.05, 0.1) is 5.56 Å². The Morgan fingerprint density at radius 3 is 2.64 bits per heavy atom. The minimum Gasteiger partial charge on any atom is -0.365 e. The van der Waals surface area contributed by atoms with Gasteiger partial charge in [0.15, 0.2) is 0 Å². The standard InChI is InChI=1S/C16H19FN6O2/c17-13-6-14(21-8-20-13)22-10-3-1-2-4-11(10)23-16(25)9-5-12(15(18)24)19-7-9/h5-8,10-11,19H,1-4H2,(H2,18,24)(H,23,25)(H,20,21,22)/t10-,11-/m1/s1. The van der Waals surface area contributed by atoms with Gasteiger partial charge >= 0.3 is 0 Å². The van der Waals surface area contributed by atoms with Crippen LogP contribution in [0.3, 0.4) is 0 Å². The Bertz CT molecular complexity index is 777. The summed E-state index contributed by atoms with van der Waals surface area (Å²) in [5.41, 5.74) is 5.70. The molecule has 1 aliphatic carbocycles. The number of hydrogen-bond acceptors (Lipinski definition) is 5. The lowest BCUT2D eigenvalue weighted by atomic mass is 9.90. The van der Waals surface area contributed by atoms with E-state index in [9.17, 15) is 14.0 Å². The van der Waals surface area contributed by atoms with Gasteiger partial charge in [0, 0.05) is 24.3 Å². The molecule has 8 nitrogen and oxygen atoms in total. The summed E-state index contributed by atoms with van der Waals surface area (Å²) in [6, 6.07) is 2.44. The SMILES string of the molecule is NC(=O)c1cc(C(=O)N[C@@H]2CCCC[C@H]2Nc2cc(F)ncn2)c[nH]1. The van der Waals surface area contributed by atoms with E-state index >= 15 is 0 Å². The molecule has 9 heteroatoms. The van der Waals surface area contributed by atoms with E-state index < -0.39 is 11.9 Å². The molecule has 0 radical (unpaired) electrons. The molecule has 0 unspecified atom stereocenters. The number of carbonyl (C=O) groups excluding carboxylic acids is 2. The minimum atomic E-state index is -0.623. The summed E-state index contributed by atoms with van der Waals surface area (Å²) in [4.78, 5) is 33.6. The van der Waals surface area contributed by atoms with Gasteiger partial charge < -0.3 is 21.4 Å². The lowest BCUT2D eigenvalue weighted by molar-refractivity contribution is 0.0923. The van der Waals surface area contributed by atoms with Gasteiger partial charge in [-0.3, -0.25) is 9.59 Å². The number of H-pyrrole nitrogens is 1. The van der Waals surface area contributed by atoms with Gasteiger partial charge in [-0.25, -0.2) is 9.97 Å². The van der Waals surface area contributed by atoms with Gasteiger partial charge in [0.1, 0.15) is 17.8 Å². The van der Waals surface area contributed by atoms with Crippen molar-refractivity contribution < 1.29 is 14.0 Å². The van der Waals surface area contributed by atoms with Crippen LogP contribution >= 0.6 is 0 Å². The highest BCUT2D eigenvalue weighted by molar-refractivity contribution is 5.98. The predicted molar refractivity (Wildman–Crippen MR) is 88.4 cm³/mol. The zero-order chi connectivity index (χ0) is 17.8. The summed E-state index contributed by atoms with van der Waals surface area (Å²) >= 11 is 0. The second kappa shape index (κ2) is 7.29. The number of anilines is 1. The fraction of sp³-hybridized carbons (Fsp3) is 0.375. The summed E-state index contributed by atoms with van der Waals surface area (Å²) in [7, 11) is 0. The fourth-order valence-corrected chi connectivity index (χ4v) is 3.00. The number of nitrogens with one attached hydrogen (secondary N) is 3. The molecule has 2 aromatic rings. The molecule has 0 bridgehead atoms. The van der Waals surface area contributed by atoms with Crippen molar-refractivity contribution in [1.82, 2.24) is 20.3 Å². The third-order valence-electron chi connectivity index (χ3n) is 4.26. The molecule has 25 heavy (non-hydrogen) atoms. The van der Waals surface area contributed by atoms with Crippen molar-refractivity contribution in [3.05, 3.63) is 41.9 Å². The predicted octanol–water partition coefficient (Wildman–Crippen LogP) is 1.20. The fourth-order valence-electron chi connectivity index (χ4n) is 3.00. The number of nitrogens with zero attached hydrogens (tertiary/aromatic N) is 2. The summed E-state index contributed by atoms with van der Waals surface area (Å²) in [5.74, 6) is -1.14. The van der Waals surface area contributed by atoms with Gasteiger partial charge in [0.2, 0.25) is 5.95 Å². The molecule has 0 spiro atoms. The third-order valence-corrected chi connectivity index (χ3v) is 4.26. The van der Waals surface area contributed by atoms with Crippen LogP contribution in [-0.2, 0) is 0 Å². The number of aromatic nitrogens is 3. The Morgan fingerprint density at radius 2 is 1.96 bits per heavy atom. The van der Waals surface area contributed by atoms with Crippen LogP contribution in [-0.4, -0.2) is 38.8 Å². The monoisotopic (exact) mass is 346 g/mol. The van der Waals surface area contributed by atoms with Crippen molar-refractivity contribution >= 4 is 17.6 Å². The van der Waals surface area contributed by atoms with Gasteiger partial charge in [-0.1, -0.05) is 12.8 Å². The minimum absolute atomic E-state index is 0.0680. The number of primary amides is 1. The molecular weight excluding hydrogens is 327 g/mol. The smallest absolute Gasteiger partial charge is 0.265 e. The first-order valence-corrected chi connectivity index (χ1v) is 8.06.